The first-order chi connectivity index (χ1) is 8.76. The van der Waals surface area contributed by atoms with Crippen LogP contribution in [0.4, 0.5) is 5.69 Å². The van der Waals surface area contributed by atoms with Crippen LogP contribution in [0.3, 0.4) is 0 Å². The summed E-state index contributed by atoms with van der Waals surface area (Å²) in [5.74, 6) is 0.501. The molecule has 0 heterocycles. The number of hydrogen-bond donors (Lipinski definition) is 2. The van der Waals surface area contributed by atoms with Crippen molar-refractivity contribution in [2.24, 2.45) is 5.92 Å². The highest BCUT2D eigenvalue weighted by molar-refractivity contribution is 7.89. The van der Waals surface area contributed by atoms with Crippen LogP contribution < -0.4 is 10.5 Å². The van der Waals surface area contributed by atoms with E-state index in [9.17, 15) is 8.42 Å². The van der Waals surface area contributed by atoms with Gasteiger partial charge in [-0.05, 0) is 43.9 Å². The lowest BCUT2D eigenvalue weighted by Crippen LogP contribution is -2.33. The molecule has 19 heavy (non-hydrogen) atoms. The Bertz CT molecular complexity index is 526. The maximum atomic E-state index is 12.2. The van der Waals surface area contributed by atoms with E-state index in [4.69, 9.17) is 5.73 Å². The van der Waals surface area contributed by atoms with Crippen molar-refractivity contribution < 1.29 is 8.42 Å². The predicted molar refractivity (Wildman–Crippen MR) is 79.4 cm³/mol. The molecule has 0 spiro atoms. The number of nitrogens with one attached hydrogen (secondary N) is 1. The van der Waals surface area contributed by atoms with Crippen LogP contribution in [-0.2, 0) is 10.0 Å². The second kappa shape index (κ2) is 6.39. The summed E-state index contributed by atoms with van der Waals surface area (Å²) < 4.78 is 27.1. The third-order valence-corrected chi connectivity index (χ3v) is 4.96. The molecule has 0 bridgehead atoms. The van der Waals surface area contributed by atoms with Crippen molar-refractivity contribution in [2.45, 2.75) is 51.5 Å². The Balaban J connectivity index is 2.83. The Kier molecular flexibility index (Phi) is 5.38. The van der Waals surface area contributed by atoms with E-state index >= 15 is 0 Å². The summed E-state index contributed by atoms with van der Waals surface area (Å²) in [4.78, 5) is 0.228. The fourth-order valence-corrected chi connectivity index (χ4v) is 3.23. The van der Waals surface area contributed by atoms with Gasteiger partial charge in [-0.25, -0.2) is 13.1 Å². The van der Waals surface area contributed by atoms with E-state index in [-0.39, 0.29) is 10.9 Å². The third kappa shape index (κ3) is 4.51. The van der Waals surface area contributed by atoms with Crippen molar-refractivity contribution >= 4 is 15.7 Å². The van der Waals surface area contributed by atoms with Gasteiger partial charge in [0, 0.05) is 11.7 Å². The van der Waals surface area contributed by atoms with Crippen molar-refractivity contribution in [3.63, 3.8) is 0 Å². The van der Waals surface area contributed by atoms with Crippen LogP contribution in [-0.4, -0.2) is 14.5 Å². The van der Waals surface area contributed by atoms with Crippen LogP contribution in [0.2, 0.25) is 0 Å². The Morgan fingerprint density at radius 2 is 1.95 bits per heavy atom. The van der Waals surface area contributed by atoms with E-state index in [1.54, 1.807) is 12.1 Å². The van der Waals surface area contributed by atoms with E-state index in [0.29, 0.717) is 11.6 Å². The zero-order chi connectivity index (χ0) is 14.6. The molecule has 0 saturated carbocycles. The number of aryl methyl sites for hydroxylation is 1. The largest absolute Gasteiger partial charge is 0.398 e. The first kappa shape index (κ1) is 16.0. The molecule has 108 valence electrons. The normalized spacial score (nSPS) is 15.2. The molecule has 1 rings (SSSR count). The van der Waals surface area contributed by atoms with Crippen LogP contribution in [0.5, 0.6) is 0 Å². The van der Waals surface area contributed by atoms with Gasteiger partial charge in [0.25, 0.3) is 0 Å². The summed E-state index contributed by atoms with van der Waals surface area (Å²) in [6.07, 6.45) is 1.88. The molecular formula is C14H24N2O2S. The van der Waals surface area contributed by atoms with Gasteiger partial charge in [0.2, 0.25) is 10.0 Å². The van der Waals surface area contributed by atoms with Gasteiger partial charge >= 0.3 is 0 Å². The summed E-state index contributed by atoms with van der Waals surface area (Å²) in [6, 6.07) is 4.74. The topological polar surface area (TPSA) is 72.2 Å². The van der Waals surface area contributed by atoms with Gasteiger partial charge in [-0.1, -0.05) is 26.3 Å². The summed E-state index contributed by atoms with van der Waals surface area (Å²) in [5, 5.41) is 0. The molecule has 3 N–H and O–H groups in total. The minimum atomic E-state index is -3.48. The molecule has 0 fully saturated rings. The molecule has 2 unspecified atom stereocenters. The Morgan fingerprint density at radius 1 is 1.32 bits per heavy atom. The average Bonchev–Trinajstić information content (AvgIpc) is 2.31. The highest BCUT2D eigenvalue weighted by atomic mass is 32.2. The first-order valence-electron chi connectivity index (χ1n) is 6.64. The predicted octanol–water partition coefficient (Wildman–Crippen LogP) is 2.68. The zero-order valence-electron chi connectivity index (χ0n) is 12.1. The molecular weight excluding hydrogens is 260 g/mol. The highest BCUT2D eigenvalue weighted by Gasteiger charge is 2.18. The van der Waals surface area contributed by atoms with Crippen molar-refractivity contribution in [2.75, 3.05) is 5.73 Å². The fourth-order valence-electron chi connectivity index (χ4n) is 1.94. The van der Waals surface area contributed by atoms with Crippen molar-refractivity contribution in [3.8, 4) is 0 Å². The number of nitrogens with two attached hydrogens (primary N) is 1. The number of sulfonamides is 1. The first-order valence-corrected chi connectivity index (χ1v) is 8.13. The third-order valence-electron chi connectivity index (χ3n) is 3.37. The Morgan fingerprint density at radius 3 is 2.47 bits per heavy atom. The monoisotopic (exact) mass is 284 g/mol. The zero-order valence-corrected chi connectivity index (χ0v) is 12.9. The molecule has 1 aromatic carbocycles. The lowest BCUT2D eigenvalue weighted by Gasteiger charge is -2.18. The summed E-state index contributed by atoms with van der Waals surface area (Å²) in [7, 11) is -3.48. The van der Waals surface area contributed by atoms with Crippen LogP contribution in [0.25, 0.3) is 0 Å². The number of anilines is 1. The molecule has 0 aliphatic heterocycles. The van der Waals surface area contributed by atoms with Gasteiger partial charge in [-0.2, -0.15) is 0 Å². The molecule has 0 aliphatic carbocycles. The van der Waals surface area contributed by atoms with Gasteiger partial charge in [0.15, 0.2) is 0 Å². The van der Waals surface area contributed by atoms with Crippen molar-refractivity contribution in [1.29, 1.82) is 0 Å². The second-order valence-corrected chi connectivity index (χ2v) is 7.00. The quantitative estimate of drug-likeness (QED) is 0.789. The maximum Gasteiger partial charge on any atom is 0.240 e. The van der Waals surface area contributed by atoms with Crippen molar-refractivity contribution in [1.82, 2.24) is 4.72 Å². The van der Waals surface area contributed by atoms with Gasteiger partial charge in [-0.3, -0.25) is 0 Å². The average molecular weight is 284 g/mol. The molecule has 0 radical (unpaired) electrons. The SMILES string of the molecule is CCC(C)CC(C)NS(=O)(=O)c1ccc(C)c(N)c1. The van der Waals surface area contributed by atoms with Gasteiger partial charge in [0.1, 0.15) is 0 Å². The van der Waals surface area contributed by atoms with Gasteiger partial charge in [0.05, 0.1) is 4.90 Å². The van der Waals surface area contributed by atoms with E-state index in [1.807, 2.05) is 13.8 Å². The molecule has 4 nitrogen and oxygen atoms in total. The van der Waals surface area contributed by atoms with Crippen molar-refractivity contribution in [3.05, 3.63) is 23.8 Å². The van der Waals surface area contributed by atoms with E-state index < -0.39 is 10.0 Å². The number of nitrogen functional groups attached to an aromatic ring is 1. The Labute approximate surface area is 116 Å². The number of rotatable bonds is 6. The molecule has 0 saturated heterocycles. The molecule has 5 heteroatoms. The lowest BCUT2D eigenvalue weighted by atomic mass is 10.0. The lowest BCUT2D eigenvalue weighted by molar-refractivity contribution is 0.445. The van der Waals surface area contributed by atoms with Gasteiger partial charge < -0.3 is 5.73 Å². The Hall–Kier alpha value is -1.07. The second-order valence-electron chi connectivity index (χ2n) is 5.29. The van der Waals surface area contributed by atoms with E-state index in [0.717, 1.165) is 18.4 Å². The van der Waals surface area contributed by atoms with Crippen LogP contribution >= 0.6 is 0 Å². The van der Waals surface area contributed by atoms with Crippen LogP contribution in [0.15, 0.2) is 23.1 Å². The summed E-state index contributed by atoms with van der Waals surface area (Å²) >= 11 is 0. The van der Waals surface area contributed by atoms with Crippen LogP contribution in [0.1, 0.15) is 39.2 Å². The molecule has 0 amide bonds. The standard InChI is InChI=1S/C14H24N2O2S/c1-5-10(2)8-12(4)16-19(17,18)13-7-6-11(3)14(15)9-13/h6-7,9-10,12,16H,5,8,15H2,1-4H3. The molecule has 0 aliphatic rings. The van der Waals surface area contributed by atoms with Crippen LogP contribution in [0, 0.1) is 12.8 Å². The van der Waals surface area contributed by atoms with E-state index in [1.165, 1.54) is 6.07 Å². The van der Waals surface area contributed by atoms with Gasteiger partial charge in [-0.15, -0.1) is 0 Å². The minimum absolute atomic E-state index is 0.0810. The summed E-state index contributed by atoms with van der Waals surface area (Å²) in [6.45, 7) is 7.97. The van der Waals surface area contributed by atoms with E-state index in [2.05, 4.69) is 18.6 Å². The molecule has 0 aromatic heterocycles. The number of hydrogen-bond acceptors (Lipinski definition) is 3. The molecule has 1 aromatic rings. The maximum absolute atomic E-state index is 12.2. The highest BCUT2D eigenvalue weighted by Crippen LogP contribution is 2.18. The minimum Gasteiger partial charge on any atom is -0.398 e. The smallest absolute Gasteiger partial charge is 0.240 e. The molecule has 2 atom stereocenters. The number of benzene rings is 1. The summed E-state index contributed by atoms with van der Waals surface area (Å²) in [5.41, 5.74) is 7.14. The fraction of sp³-hybridized carbons (Fsp3) is 0.571.